The van der Waals surface area contributed by atoms with Crippen LogP contribution in [0, 0.1) is 0 Å². The summed E-state index contributed by atoms with van der Waals surface area (Å²) < 4.78 is 0. The second-order valence-corrected chi connectivity index (χ2v) is 3.04. The third-order valence-electron chi connectivity index (χ3n) is 1.34. The summed E-state index contributed by atoms with van der Waals surface area (Å²) in [6.07, 6.45) is 4.80. The van der Waals surface area contributed by atoms with E-state index in [4.69, 9.17) is 0 Å². The highest BCUT2D eigenvalue weighted by Crippen LogP contribution is 2.04. The van der Waals surface area contributed by atoms with Crippen LogP contribution in [0.5, 0.6) is 0 Å². The maximum Gasteiger partial charge on any atom is 0.268 e. The molecule has 2 aromatic heterocycles. The van der Waals surface area contributed by atoms with E-state index in [9.17, 15) is 0 Å². The first-order chi connectivity index (χ1) is 6.45. The van der Waals surface area contributed by atoms with Gasteiger partial charge in [-0.25, -0.2) is 9.98 Å². The predicted octanol–water partition coefficient (Wildman–Crippen LogP) is 1.68. The molecule has 0 fully saturated rings. The lowest BCUT2D eigenvalue weighted by Gasteiger charge is -1.86. The Morgan fingerprint density at radius 2 is 2.38 bits per heavy atom. The summed E-state index contributed by atoms with van der Waals surface area (Å²) in [7, 11) is 0. The van der Waals surface area contributed by atoms with E-state index in [1.165, 1.54) is 6.20 Å². The van der Waals surface area contributed by atoms with Crippen LogP contribution in [0.25, 0.3) is 0 Å². The zero-order valence-electron chi connectivity index (χ0n) is 6.66. The molecule has 0 radical (unpaired) electrons. The van der Waals surface area contributed by atoms with Crippen molar-refractivity contribution in [2.45, 2.75) is 0 Å². The molecule has 0 aliphatic carbocycles. The highest BCUT2D eigenvalue weighted by Gasteiger charge is 1.89. The standard InChI is InChI=1S/C8H6N4S/c1-4-13-6-7(1)5-10-8-9-2-3-11-12-8/h1-6H/b10-5+. The Bertz CT molecular complexity index is 382. The minimum Gasteiger partial charge on any atom is -0.218 e. The minimum absolute atomic E-state index is 0.383. The van der Waals surface area contributed by atoms with Crippen molar-refractivity contribution in [3.63, 3.8) is 0 Å². The molecular formula is C8H6N4S. The van der Waals surface area contributed by atoms with Crippen molar-refractivity contribution >= 4 is 23.5 Å². The monoisotopic (exact) mass is 190 g/mol. The Balaban J connectivity index is 2.15. The van der Waals surface area contributed by atoms with Gasteiger partial charge in [-0.15, -0.1) is 5.10 Å². The molecule has 5 heteroatoms. The maximum absolute atomic E-state index is 4.05. The zero-order valence-corrected chi connectivity index (χ0v) is 7.48. The zero-order chi connectivity index (χ0) is 8.93. The van der Waals surface area contributed by atoms with Crippen LogP contribution in [0.1, 0.15) is 5.56 Å². The summed E-state index contributed by atoms with van der Waals surface area (Å²) in [4.78, 5) is 7.96. The average molecular weight is 190 g/mol. The molecule has 0 aliphatic rings. The minimum atomic E-state index is 0.383. The van der Waals surface area contributed by atoms with E-state index in [-0.39, 0.29) is 0 Å². The van der Waals surface area contributed by atoms with Gasteiger partial charge in [0.2, 0.25) is 0 Å². The number of hydrogen-bond acceptors (Lipinski definition) is 5. The molecule has 0 aliphatic heterocycles. The third-order valence-corrected chi connectivity index (χ3v) is 2.04. The predicted molar refractivity (Wildman–Crippen MR) is 51.4 cm³/mol. The molecule has 0 atom stereocenters. The van der Waals surface area contributed by atoms with Gasteiger partial charge in [-0.05, 0) is 16.8 Å². The maximum atomic E-state index is 4.05. The Kier molecular flexibility index (Phi) is 2.38. The van der Waals surface area contributed by atoms with Crippen molar-refractivity contribution < 1.29 is 0 Å². The van der Waals surface area contributed by atoms with Crippen LogP contribution in [0.4, 0.5) is 5.95 Å². The van der Waals surface area contributed by atoms with Gasteiger partial charge in [-0.3, -0.25) is 0 Å². The molecule has 64 valence electrons. The summed E-state index contributed by atoms with van der Waals surface area (Å²) >= 11 is 1.63. The first-order valence-electron chi connectivity index (χ1n) is 3.65. The molecule has 0 bridgehead atoms. The fraction of sp³-hybridized carbons (Fsp3) is 0. The van der Waals surface area contributed by atoms with Crippen LogP contribution in [-0.2, 0) is 0 Å². The van der Waals surface area contributed by atoms with Crippen LogP contribution < -0.4 is 0 Å². The van der Waals surface area contributed by atoms with Crippen LogP contribution in [0.15, 0.2) is 34.2 Å². The van der Waals surface area contributed by atoms with Gasteiger partial charge in [0, 0.05) is 11.8 Å². The van der Waals surface area contributed by atoms with Crippen LogP contribution in [0.3, 0.4) is 0 Å². The fourth-order valence-electron chi connectivity index (χ4n) is 0.780. The smallest absolute Gasteiger partial charge is 0.218 e. The highest BCUT2D eigenvalue weighted by molar-refractivity contribution is 7.08. The van der Waals surface area contributed by atoms with Crippen molar-refractivity contribution in [3.05, 3.63) is 34.8 Å². The van der Waals surface area contributed by atoms with Crippen molar-refractivity contribution in [1.29, 1.82) is 0 Å². The van der Waals surface area contributed by atoms with Gasteiger partial charge >= 0.3 is 0 Å². The normalized spacial score (nSPS) is 10.8. The van der Waals surface area contributed by atoms with E-state index in [1.54, 1.807) is 23.7 Å². The van der Waals surface area contributed by atoms with Crippen LogP contribution in [0.2, 0.25) is 0 Å². The molecule has 2 heterocycles. The number of rotatable bonds is 2. The van der Waals surface area contributed by atoms with E-state index >= 15 is 0 Å². The second-order valence-electron chi connectivity index (χ2n) is 2.26. The van der Waals surface area contributed by atoms with Gasteiger partial charge in [0.1, 0.15) is 0 Å². The summed E-state index contributed by atoms with van der Waals surface area (Å²) in [5, 5.41) is 11.4. The number of aromatic nitrogens is 3. The fourth-order valence-corrected chi connectivity index (χ4v) is 1.39. The molecule has 0 aromatic carbocycles. The lowest BCUT2D eigenvalue weighted by molar-refractivity contribution is 0.965. The number of nitrogens with zero attached hydrogens (tertiary/aromatic N) is 4. The number of aliphatic imine (C=N–C) groups is 1. The molecule has 4 nitrogen and oxygen atoms in total. The summed E-state index contributed by atoms with van der Waals surface area (Å²) in [6, 6.07) is 1.98. The molecule has 0 N–H and O–H groups in total. The number of hydrogen-bond donors (Lipinski definition) is 0. The van der Waals surface area contributed by atoms with Gasteiger partial charge in [0.05, 0.1) is 12.4 Å². The van der Waals surface area contributed by atoms with Gasteiger partial charge in [-0.2, -0.15) is 16.4 Å². The highest BCUT2D eigenvalue weighted by atomic mass is 32.1. The molecule has 2 aromatic rings. The first kappa shape index (κ1) is 8.00. The molecule has 0 saturated carbocycles. The largest absolute Gasteiger partial charge is 0.268 e. The van der Waals surface area contributed by atoms with E-state index < -0.39 is 0 Å². The van der Waals surface area contributed by atoms with Crippen LogP contribution in [-0.4, -0.2) is 21.4 Å². The lowest BCUT2D eigenvalue weighted by atomic mass is 10.4. The Hall–Kier alpha value is -1.62. The SMILES string of the molecule is C(=N\c1nccnn1)/c1ccsc1. The molecule has 0 saturated heterocycles. The topological polar surface area (TPSA) is 51.0 Å². The molecule has 0 spiro atoms. The molecular weight excluding hydrogens is 184 g/mol. The lowest BCUT2D eigenvalue weighted by Crippen LogP contribution is -1.83. The Labute approximate surface area is 79.0 Å². The van der Waals surface area contributed by atoms with Crippen molar-refractivity contribution in [2.75, 3.05) is 0 Å². The van der Waals surface area contributed by atoms with E-state index in [0.717, 1.165) is 5.56 Å². The number of thiophene rings is 1. The summed E-state index contributed by atoms with van der Waals surface area (Å²) in [5.74, 6) is 0.383. The van der Waals surface area contributed by atoms with Gasteiger partial charge in [-0.1, -0.05) is 0 Å². The third kappa shape index (κ3) is 2.16. The van der Waals surface area contributed by atoms with Gasteiger partial charge in [0.15, 0.2) is 0 Å². The van der Waals surface area contributed by atoms with E-state index in [2.05, 4.69) is 20.2 Å². The van der Waals surface area contributed by atoms with Crippen molar-refractivity contribution in [3.8, 4) is 0 Å². The summed E-state index contributed by atoms with van der Waals surface area (Å²) in [6.45, 7) is 0. The van der Waals surface area contributed by atoms with E-state index in [1.807, 2.05) is 16.8 Å². The first-order valence-corrected chi connectivity index (χ1v) is 4.59. The van der Waals surface area contributed by atoms with Crippen LogP contribution >= 0.6 is 11.3 Å². The molecule has 0 amide bonds. The average Bonchev–Trinajstić information content (AvgIpc) is 2.69. The van der Waals surface area contributed by atoms with E-state index in [0.29, 0.717) is 5.95 Å². The second kappa shape index (κ2) is 3.86. The quantitative estimate of drug-likeness (QED) is 0.677. The van der Waals surface area contributed by atoms with Gasteiger partial charge in [0.25, 0.3) is 5.95 Å². The molecule has 2 rings (SSSR count). The summed E-state index contributed by atoms with van der Waals surface area (Å²) in [5.41, 5.74) is 1.05. The van der Waals surface area contributed by atoms with Gasteiger partial charge < -0.3 is 0 Å². The Morgan fingerprint density at radius 1 is 1.38 bits per heavy atom. The molecule has 0 unspecified atom stereocenters. The van der Waals surface area contributed by atoms with Crippen molar-refractivity contribution in [1.82, 2.24) is 15.2 Å². The molecule has 13 heavy (non-hydrogen) atoms. The Morgan fingerprint density at radius 3 is 3.08 bits per heavy atom. The van der Waals surface area contributed by atoms with Crippen molar-refractivity contribution in [2.24, 2.45) is 4.99 Å².